The van der Waals surface area contributed by atoms with E-state index < -0.39 is 17.7 Å². The van der Waals surface area contributed by atoms with Gasteiger partial charge in [-0.05, 0) is 18.6 Å². The zero-order valence-electron chi connectivity index (χ0n) is 10.9. The normalized spacial score (nSPS) is 12.8. The molecule has 1 atom stereocenters. The topological polar surface area (TPSA) is 36.7 Å². The van der Waals surface area contributed by atoms with Crippen LogP contribution in [0.4, 0.5) is 13.2 Å². The van der Waals surface area contributed by atoms with Crippen LogP contribution in [0, 0.1) is 18.3 Å². The highest BCUT2D eigenvalue weighted by Crippen LogP contribution is 2.34. The van der Waals surface area contributed by atoms with Crippen LogP contribution < -0.4 is 0 Å². The number of nitrogens with zero attached hydrogens (tertiary/aromatic N) is 2. The number of nitriles is 1. The van der Waals surface area contributed by atoms with Crippen LogP contribution in [-0.4, -0.2) is 4.98 Å². The van der Waals surface area contributed by atoms with Crippen molar-refractivity contribution in [2.24, 2.45) is 0 Å². The Hall–Kier alpha value is -2.06. The Morgan fingerprint density at radius 1 is 1.29 bits per heavy atom. The van der Waals surface area contributed by atoms with Crippen LogP contribution in [0.25, 0.3) is 0 Å². The second kappa shape index (κ2) is 5.74. The van der Waals surface area contributed by atoms with Crippen LogP contribution in [-0.2, 0) is 6.18 Å². The summed E-state index contributed by atoms with van der Waals surface area (Å²) in [5, 5.41) is 9.14. The Labute approximate surface area is 124 Å². The SMILES string of the molecule is Cc1cccc([C@H](C#N)c2ncc(C(F)(F)F)cc2Cl)c1. The van der Waals surface area contributed by atoms with Crippen LogP contribution in [0.3, 0.4) is 0 Å². The van der Waals surface area contributed by atoms with Gasteiger partial charge in [0.1, 0.15) is 5.92 Å². The van der Waals surface area contributed by atoms with Crippen LogP contribution in [0.15, 0.2) is 36.5 Å². The summed E-state index contributed by atoms with van der Waals surface area (Å²) in [6, 6.07) is 9.96. The van der Waals surface area contributed by atoms with Crippen LogP contribution in [0.5, 0.6) is 0 Å². The Kier molecular flexibility index (Phi) is 4.19. The number of halogens is 4. The molecule has 2 aromatic rings. The molecule has 0 saturated carbocycles. The fourth-order valence-electron chi connectivity index (χ4n) is 1.96. The largest absolute Gasteiger partial charge is 0.417 e. The van der Waals surface area contributed by atoms with Crippen LogP contribution in [0.2, 0.25) is 5.02 Å². The molecule has 0 saturated heterocycles. The Bertz CT molecular complexity index is 705. The molecular formula is C15H10ClF3N2. The highest BCUT2D eigenvalue weighted by atomic mass is 35.5. The maximum atomic E-state index is 12.6. The second-order valence-electron chi connectivity index (χ2n) is 4.57. The second-order valence-corrected chi connectivity index (χ2v) is 4.97. The molecule has 2 rings (SSSR count). The third-order valence-corrected chi connectivity index (χ3v) is 3.28. The molecule has 1 aromatic heterocycles. The van der Waals surface area contributed by atoms with E-state index in [1.165, 1.54) is 0 Å². The molecular weight excluding hydrogens is 301 g/mol. The zero-order chi connectivity index (χ0) is 15.6. The summed E-state index contributed by atoms with van der Waals surface area (Å²) in [6.45, 7) is 1.86. The number of pyridine rings is 1. The van der Waals surface area contributed by atoms with Gasteiger partial charge in [-0.1, -0.05) is 41.4 Å². The molecule has 1 aromatic carbocycles. The van der Waals surface area contributed by atoms with Crippen molar-refractivity contribution in [3.63, 3.8) is 0 Å². The van der Waals surface area contributed by atoms with Gasteiger partial charge in [-0.15, -0.1) is 0 Å². The Morgan fingerprint density at radius 2 is 2.00 bits per heavy atom. The molecule has 21 heavy (non-hydrogen) atoms. The van der Waals surface area contributed by atoms with Crippen LogP contribution >= 0.6 is 11.6 Å². The smallest absolute Gasteiger partial charge is 0.257 e. The average Bonchev–Trinajstić information content (AvgIpc) is 2.40. The van der Waals surface area contributed by atoms with E-state index in [1.807, 2.05) is 19.1 Å². The van der Waals surface area contributed by atoms with E-state index in [9.17, 15) is 18.4 Å². The molecule has 108 valence electrons. The predicted molar refractivity (Wildman–Crippen MR) is 72.9 cm³/mol. The molecule has 0 N–H and O–H groups in total. The number of aryl methyl sites for hydroxylation is 1. The van der Waals surface area contributed by atoms with E-state index in [0.29, 0.717) is 11.8 Å². The first-order chi connectivity index (χ1) is 9.82. The molecule has 0 bridgehead atoms. The molecule has 0 fully saturated rings. The van der Waals surface area contributed by atoms with Gasteiger partial charge in [-0.3, -0.25) is 4.98 Å². The van der Waals surface area contributed by atoms with E-state index in [2.05, 4.69) is 4.98 Å². The molecule has 2 nitrogen and oxygen atoms in total. The fraction of sp³-hybridized carbons (Fsp3) is 0.200. The maximum absolute atomic E-state index is 12.6. The van der Waals surface area contributed by atoms with Crippen molar-refractivity contribution in [1.82, 2.24) is 4.98 Å². The van der Waals surface area contributed by atoms with Crippen molar-refractivity contribution >= 4 is 11.6 Å². The summed E-state index contributed by atoms with van der Waals surface area (Å²) in [7, 11) is 0. The molecule has 6 heteroatoms. The van der Waals surface area contributed by atoms with Gasteiger partial charge >= 0.3 is 6.18 Å². The first-order valence-electron chi connectivity index (χ1n) is 6.01. The van der Waals surface area contributed by atoms with E-state index >= 15 is 0 Å². The third kappa shape index (κ3) is 3.34. The highest BCUT2D eigenvalue weighted by Gasteiger charge is 2.32. The predicted octanol–water partition coefficient (Wildman–Crippen LogP) is 4.72. The molecule has 0 amide bonds. The van der Waals surface area contributed by atoms with Gasteiger partial charge in [0.2, 0.25) is 0 Å². The standard InChI is InChI=1S/C15H10ClF3N2/c1-9-3-2-4-10(5-9)12(7-20)14-13(16)6-11(8-21-14)15(17,18)19/h2-6,8,12H,1H3/t12-/m0/s1. The number of hydrogen-bond acceptors (Lipinski definition) is 2. The number of alkyl halides is 3. The van der Waals surface area contributed by atoms with Gasteiger partial charge < -0.3 is 0 Å². The summed E-state index contributed by atoms with van der Waals surface area (Å²) in [5.74, 6) is -0.806. The monoisotopic (exact) mass is 310 g/mol. The zero-order valence-corrected chi connectivity index (χ0v) is 11.7. The van der Waals surface area contributed by atoms with Crippen molar-refractivity contribution in [2.75, 3.05) is 0 Å². The van der Waals surface area contributed by atoms with Gasteiger partial charge in [0.05, 0.1) is 22.3 Å². The quantitative estimate of drug-likeness (QED) is 0.805. The molecule has 0 radical (unpaired) electrons. The van der Waals surface area contributed by atoms with E-state index in [4.69, 9.17) is 11.6 Å². The van der Waals surface area contributed by atoms with E-state index in [0.717, 1.165) is 11.6 Å². The molecule has 1 heterocycles. The minimum Gasteiger partial charge on any atom is -0.257 e. The van der Waals surface area contributed by atoms with Crippen LogP contribution in [0.1, 0.15) is 28.3 Å². The van der Waals surface area contributed by atoms with Gasteiger partial charge in [-0.25, -0.2) is 0 Å². The van der Waals surface area contributed by atoms with Crippen molar-refractivity contribution in [3.8, 4) is 6.07 Å². The molecule has 0 spiro atoms. The van der Waals surface area contributed by atoms with Gasteiger partial charge in [-0.2, -0.15) is 18.4 Å². The minimum absolute atomic E-state index is 0.123. The summed E-state index contributed by atoms with van der Waals surface area (Å²) in [5.41, 5.74) is 0.775. The molecule has 0 aliphatic rings. The maximum Gasteiger partial charge on any atom is 0.417 e. The lowest BCUT2D eigenvalue weighted by molar-refractivity contribution is -0.137. The van der Waals surface area contributed by atoms with E-state index in [-0.39, 0.29) is 10.7 Å². The number of benzene rings is 1. The number of hydrogen-bond donors (Lipinski definition) is 0. The van der Waals surface area contributed by atoms with E-state index in [1.54, 1.807) is 18.2 Å². The Balaban J connectivity index is 2.47. The highest BCUT2D eigenvalue weighted by molar-refractivity contribution is 6.31. The van der Waals surface area contributed by atoms with Gasteiger partial charge in [0.25, 0.3) is 0 Å². The molecule has 0 aliphatic carbocycles. The lowest BCUT2D eigenvalue weighted by Crippen LogP contribution is -2.09. The summed E-state index contributed by atoms with van der Waals surface area (Å²) < 4.78 is 37.8. The summed E-state index contributed by atoms with van der Waals surface area (Å²) >= 11 is 5.89. The molecule has 0 unspecified atom stereocenters. The van der Waals surface area contributed by atoms with Crippen molar-refractivity contribution < 1.29 is 13.2 Å². The van der Waals surface area contributed by atoms with Gasteiger partial charge in [0, 0.05) is 6.20 Å². The van der Waals surface area contributed by atoms with Crippen molar-refractivity contribution in [1.29, 1.82) is 5.26 Å². The van der Waals surface area contributed by atoms with Crippen molar-refractivity contribution in [3.05, 3.63) is 63.9 Å². The summed E-state index contributed by atoms with van der Waals surface area (Å²) in [6.07, 6.45) is -3.82. The first-order valence-corrected chi connectivity index (χ1v) is 6.39. The minimum atomic E-state index is -4.51. The van der Waals surface area contributed by atoms with Crippen molar-refractivity contribution in [2.45, 2.75) is 19.0 Å². The fourth-order valence-corrected chi connectivity index (χ4v) is 2.23. The lowest BCUT2D eigenvalue weighted by Gasteiger charge is -2.13. The third-order valence-electron chi connectivity index (χ3n) is 2.97. The van der Waals surface area contributed by atoms with Gasteiger partial charge in [0.15, 0.2) is 0 Å². The summed E-state index contributed by atoms with van der Waals surface area (Å²) in [4.78, 5) is 3.75. The number of rotatable bonds is 2. The Morgan fingerprint density at radius 3 is 2.52 bits per heavy atom. The lowest BCUT2D eigenvalue weighted by atomic mass is 9.95. The first kappa shape index (κ1) is 15.3. The number of aromatic nitrogens is 1. The molecule has 0 aliphatic heterocycles. The average molecular weight is 311 g/mol.